The molecule has 0 aliphatic heterocycles. The van der Waals surface area contributed by atoms with Crippen molar-refractivity contribution in [2.75, 3.05) is 5.73 Å². The number of carbonyl (C=O) groups is 1. The lowest BCUT2D eigenvalue weighted by atomic mass is 10.1. The van der Waals surface area contributed by atoms with Crippen LogP contribution in [0, 0.1) is 5.92 Å². The highest BCUT2D eigenvalue weighted by Crippen LogP contribution is 2.32. The second-order valence-electron chi connectivity index (χ2n) is 5.62. The molecule has 0 radical (unpaired) electrons. The van der Waals surface area contributed by atoms with E-state index < -0.39 is 5.60 Å². The first-order valence-corrected chi connectivity index (χ1v) is 5.96. The van der Waals surface area contributed by atoms with Crippen molar-refractivity contribution in [2.24, 2.45) is 5.92 Å². The van der Waals surface area contributed by atoms with E-state index in [2.05, 4.69) is 0 Å². The third-order valence-corrected chi connectivity index (χ3v) is 2.97. The lowest BCUT2D eigenvalue weighted by molar-refractivity contribution is -0.159. The van der Waals surface area contributed by atoms with E-state index in [-0.39, 0.29) is 11.9 Å². The van der Waals surface area contributed by atoms with Crippen LogP contribution in [0.5, 0.6) is 0 Å². The maximum absolute atomic E-state index is 12.0. The molecule has 3 nitrogen and oxygen atoms in total. The molecule has 0 saturated carbocycles. The second-order valence-corrected chi connectivity index (χ2v) is 5.62. The summed E-state index contributed by atoms with van der Waals surface area (Å²) in [7, 11) is 0. The summed E-state index contributed by atoms with van der Waals surface area (Å²) in [6.45, 7) is 5.67. The average molecular weight is 233 g/mol. The van der Waals surface area contributed by atoms with Crippen molar-refractivity contribution in [3.8, 4) is 0 Å². The van der Waals surface area contributed by atoms with Gasteiger partial charge in [-0.15, -0.1) is 0 Å². The SMILES string of the molecule is CC(C)(C)OC(=O)C1Cc2cccc(N)c2C1. The molecule has 1 atom stereocenters. The number of fused-ring (bicyclic) bond motifs is 1. The summed E-state index contributed by atoms with van der Waals surface area (Å²) < 4.78 is 5.41. The van der Waals surface area contributed by atoms with Gasteiger partial charge in [0, 0.05) is 5.69 Å². The molecule has 1 aromatic carbocycles. The van der Waals surface area contributed by atoms with Crippen molar-refractivity contribution in [3.63, 3.8) is 0 Å². The van der Waals surface area contributed by atoms with Crippen LogP contribution in [-0.2, 0) is 22.4 Å². The molecular weight excluding hydrogens is 214 g/mol. The van der Waals surface area contributed by atoms with Crippen LogP contribution < -0.4 is 5.73 Å². The summed E-state index contributed by atoms with van der Waals surface area (Å²) in [5.41, 5.74) is 8.57. The predicted molar refractivity (Wildman–Crippen MR) is 67.6 cm³/mol. The highest BCUT2D eigenvalue weighted by Gasteiger charge is 2.31. The van der Waals surface area contributed by atoms with Crippen molar-refractivity contribution in [1.82, 2.24) is 0 Å². The minimum atomic E-state index is -0.419. The molecule has 0 heterocycles. The van der Waals surface area contributed by atoms with Crippen molar-refractivity contribution < 1.29 is 9.53 Å². The minimum Gasteiger partial charge on any atom is -0.460 e. The number of carbonyl (C=O) groups excluding carboxylic acids is 1. The summed E-state index contributed by atoms with van der Waals surface area (Å²) in [5, 5.41) is 0. The zero-order valence-corrected chi connectivity index (χ0v) is 10.6. The minimum absolute atomic E-state index is 0.0751. The Balaban J connectivity index is 2.10. The second kappa shape index (κ2) is 4.06. The number of rotatable bonds is 1. The molecule has 2 rings (SSSR count). The summed E-state index contributed by atoms with van der Waals surface area (Å²) in [6, 6.07) is 5.86. The highest BCUT2D eigenvalue weighted by molar-refractivity contribution is 5.76. The zero-order valence-electron chi connectivity index (χ0n) is 10.6. The molecule has 1 aliphatic rings. The van der Waals surface area contributed by atoms with Gasteiger partial charge in [-0.05, 0) is 50.8 Å². The Kier molecular flexibility index (Phi) is 2.86. The summed E-state index contributed by atoms with van der Waals surface area (Å²) in [4.78, 5) is 12.0. The molecule has 0 saturated heterocycles. The summed E-state index contributed by atoms with van der Waals surface area (Å²) >= 11 is 0. The van der Waals surface area contributed by atoms with Gasteiger partial charge >= 0.3 is 5.97 Å². The Morgan fingerprint density at radius 3 is 2.65 bits per heavy atom. The number of ether oxygens (including phenoxy) is 1. The number of anilines is 1. The van der Waals surface area contributed by atoms with E-state index in [0.717, 1.165) is 17.7 Å². The van der Waals surface area contributed by atoms with E-state index in [1.54, 1.807) is 0 Å². The van der Waals surface area contributed by atoms with Crippen LogP contribution in [0.25, 0.3) is 0 Å². The van der Waals surface area contributed by atoms with Gasteiger partial charge in [-0.3, -0.25) is 4.79 Å². The largest absolute Gasteiger partial charge is 0.460 e. The normalized spacial score (nSPS) is 18.9. The van der Waals surface area contributed by atoms with Crippen molar-refractivity contribution in [3.05, 3.63) is 29.3 Å². The third-order valence-electron chi connectivity index (χ3n) is 2.97. The highest BCUT2D eigenvalue weighted by atomic mass is 16.6. The molecule has 3 heteroatoms. The predicted octanol–water partition coefficient (Wildman–Crippen LogP) is 2.33. The first-order chi connectivity index (χ1) is 7.87. The van der Waals surface area contributed by atoms with Gasteiger partial charge in [0.25, 0.3) is 0 Å². The molecule has 1 unspecified atom stereocenters. The van der Waals surface area contributed by atoms with Gasteiger partial charge < -0.3 is 10.5 Å². The van der Waals surface area contributed by atoms with E-state index in [0.29, 0.717) is 6.42 Å². The van der Waals surface area contributed by atoms with Crippen LogP contribution in [0.15, 0.2) is 18.2 Å². The maximum Gasteiger partial charge on any atom is 0.310 e. The van der Waals surface area contributed by atoms with Gasteiger partial charge in [0.15, 0.2) is 0 Å². The monoisotopic (exact) mass is 233 g/mol. The van der Waals surface area contributed by atoms with E-state index in [1.807, 2.05) is 39.0 Å². The lowest BCUT2D eigenvalue weighted by Crippen LogP contribution is -2.29. The standard InChI is InChI=1S/C14H19NO2/c1-14(2,3)17-13(16)10-7-9-5-4-6-12(15)11(9)8-10/h4-6,10H,7-8,15H2,1-3H3. The Hall–Kier alpha value is -1.51. The van der Waals surface area contributed by atoms with Crippen LogP contribution >= 0.6 is 0 Å². The number of nitrogen functional groups attached to an aromatic ring is 1. The fourth-order valence-corrected chi connectivity index (χ4v) is 2.23. The molecule has 0 bridgehead atoms. The topological polar surface area (TPSA) is 52.3 Å². The van der Waals surface area contributed by atoms with Gasteiger partial charge in [0.05, 0.1) is 5.92 Å². The van der Waals surface area contributed by atoms with Crippen molar-refractivity contribution in [2.45, 2.75) is 39.2 Å². The number of hydrogen-bond donors (Lipinski definition) is 1. The van der Waals surface area contributed by atoms with E-state index in [9.17, 15) is 4.79 Å². The number of hydrogen-bond acceptors (Lipinski definition) is 3. The molecule has 2 N–H and O–H groups in total. The maximum atomic E-state index is 12.0. The fourth-order valence-electron chi connectivity index (χ4n) is 2.23. The van der Waals surface area contributed by atoms with Crippen molar-refractivity contribution in [1.29, 1.82) is 0 Å². The average Bonchev–Trinajstić information content (AvgIpc) is 2.60. The summed E-state index contributed by atoms with van der Waals surface area (Å²) in [6.07, 6.45) is 1.45. The number of nitrogens with two attached hydrogens (primary N) is 1. The Morgan fingerprint density at radius 2 is 2.06 bits per heavy atom. The smallest absolute Gasteiger partial charge is 0.310 e. The number of esters is 1. The lowest BCUT2D eigenvalue weighted by Gasteiger charge is -2.21. The molecule has 1 aliphatic carbocycles. The molecule has 0 aromatic heterocycles. The summed E-state index contributed by atoms with van der Waals surface area (Å²) in [5.74, 6) is -0.193. The molecule has 0 fully saturated rings. The quantitative estimate of drug-likeness (QED) is 0.598. The van der Waals surface area contributed by atoms with Gasteiger partial charge in [-0.2, -0.15) is 0 Å². The van der Waals surface area contributed by atoms with Crippen LogP contribution in [0.1, 0.15) is 31.9 Å². The third kappa shape index (κ3) is 2.60. The molecule has 1 aromatic rings. The van der Waals surface area contributed by atoms with E-state index >= 15 is 0 Å². The number of benzene rings is 1. The molecule has 0 spiro atoms. The van der Waals surface area contributed by atoms with Gasteiger partial charge in [-0.1, -0.05) is 12.1 Å². The Labute approximate surface area is 102 Å². The Bertz CT molecular complexity index is 446. The van der Waals surface area contributed by atoms with Crippen LogP contribution in [0.2, 0.25) is 0 Å². The van der Waals surface area contributed by atoms with Crippen LogP contribution in [0.3, 0.4) is 0 Å². The molecule has 0 amide bonds. The van der Waals surface area contributed by atoms with E-state index in [4.69, 9.17) is 10.5 Å². The zero-order chi connectivity index (χ0) is 12.6. The van der Waals surface area contributed by atoms with Crippen molar-refractivity contribution >= 4 is 11.7 Å². The fraction of sp³-hybridized carbons (Fsp3) is 0.500. The van der Waals surface area contributed by atoms with Gasteiger partial charge in [-0.25, -0.2) is 0 Å². The Morgan fingerprint density at radius 1 is 1.35 bits per heavy atom. The van der Waals surface area contributed by atoms with Gasteiger partial charge in [0.2, 0.25) is 0 Å². The molecule has 17 heavy (non-hydrogen) atoms. The van der Waals surface area contributed by atoms with Crippen LogP contribution in [-0.4, -0.2) is 11.6 Å². The molecule has 92 valence electrons. The van der Waals surface area contributed by atoms with Crippen LogP contribution in [0.4, 0.5) is 5.69 Å². The van der Waals surface area contributed by atoms with Gasteiger partial charge in [0.1, 0.15) is 5.60 Å². The first kappa shape index (κ1) is 12.0. The molecular formula is C14H19NO2. The van der Waals surface area contributed by atoms with E-state index in [1.165, 1.54) is 5.56 Å². The first-order valence-electron chi connectivity index (χ1n) is 5.96.